The summed E-state index contributed by atoms with van der Waals surface area (Å²) in [6.07, 6.45) is 4.42. The lowest BCUT2D eigenvalue weighted by atomic mass is 9.93. The van der Waals surface area contributed by atoms with Crippen molar-refractivity contribution in [3.8, 4) is 0 Å². The van der Waals surface area contributed by atoms with E-state index in [0.717, 1.165) is 24.0 Å². The normalized spacial score (nSPS) is 16.9. The van der Waals surface area contributed by atoms with Gasteiger partial charge in [0.05, 0.1) is 5.02 Å². The van der Waals surface area contributed by atoms with Crippen LogP contribution in [0.2, 0.25) is 5.02 Å². The third kappa shape index (κ3) is 2.07. The molecule has 0 unspecified atom stereocenters. The lowest BCUT2D eigenvalue weighted by Crippen LogP contribution is -2.13. The van der Waals surface area contributed by atoms with Crippen LogP contribution in [-0.4, -0.2) is 5.78 Å². The summed E-state index contributed by atoms with van der Waals surface area (Å²) in [5.74, 6) is 0.458. The summed E-state index contributed by atoms with van der Waals surface area (Å²) in [4.78, 5) is 12.2. The molecule has 1 saturated carbocycles. The van der Waals surface area contributed by atoms with Crippen LogP contribution < -0.4 is 0 Å². The molecule has 80 valence electrons. The number of hydrogen-bond donors (Lipinski definition) is 0. The number of hydrogen-bond acceptors (Lipinski definition) is 1. The fraction of sp³-hybridized carbons (Fsp3) is 0.462. The zero-order chi connectivity index (χ0) is 10.8. The van der Waals surface area contributed by atoms with Gasteiger partial charge >= 0.3 is 0 Å². The molecule has 0 aromatic heterocycles. The minimum Gasteiger partial charge on any atom is -0.294 e. The molecule has 1 nitrogen and oxygen atoms in total. The number of aryl methyl sites for hydroxylation is 1. The Hall–Kier alpha value is -0.820. The molecule has 0 aliphatic heterocycles. The van der Waals surface area contributed by atoms with Crippen molar-refractivity contribution in [2.75, 3.05) is 0 Å². The minimum atomic E-state index is 0.212. The molecule has 0 saturated heterocycles. The lowest BCUT2D eigenvalue weighted by Gasteiger charge is -2.11. The van der Waals surface area contributed by atoms with Crippen molar-refractivity contribution in [2.24, 2.45) is 5.92 Å². The highest BCUT2D eigenvalue weighted by Gasteiger charge is 2.26. The second-order valence-electron chi connectivity index (χ2n) is 4.28. The predicted molar refractivity (Wildman–Crippen MR) is 62.5 cm³/mol. The van der Waals surface area contributed by atoms with E-state index in [1.807, 2.05) is 19.1 Å². The molecular weight excluding hydrogens is 208 g/mol. The van der Waals surface area contributed by atoms with Crippen molar-refractivity contribution in [1.82, 2.24) is 0 Å². The monoisotopic (exact) mass is 222 g/mol. The maximum absolute atomic E-state index is 12.2. The maximum atomic E-state index is 12.2. The molecule has 1 aliphatic rings. The van der Waals surface area contributed by atoms with E-state index in [1.54, 1.807) is 6.07 Å². The second kappa shape index (κ2) is 4.36. The van der Waals surface area contributed by atoms with Crippen LogP contribution in [0.15, 0.2) is 18.2 Å². The highest BCUT2D eigenvalue weighted by molar-refractivity contribution is 6.34. The van der Waals surface area contributed by atoms with E-state index < -0.39 is 0 Å². The van der Waals surface area contributed by atoms with E-state index >= 15 is 0 Å². The third-order valence-electron chi connectivity index (χ3n) is 3.19. The number of halogens is 1. The van der Waals surface area contributed by atoms with Gasteiger partial charge in [0, 0.05) is 11.5 Å². The van der Waals surface area contributed by atoms with Crippen LogP contribution in [0.4, 0.5) is 0 Å². The Balaban J connectivity index is 2.32. The molecule has 15 heavy (non-hydrogen) atoms. The standard InChI is InChI=1S/C13H15ClO/c1-9-5-4-8-11(14)12(9)13(15)10-6-2-3-7-10/h4-5,8,10H,2-3,6-7H2,1H3. The van der Waals surface area contributed by atoms with E-state index in [4.69, 9.17) is 11.6 Å². The van der Waals surface area contributed by atoms with E-state index in [-0.39, 0.29) is 11.7 Å². The van der Waals surface area contributed by atoms with Gasteiger partial charge in [-0.15, -0.1) is 0 Å². The molecule has 1 aromatic rings. The number of Topliss-reactive ketones (excluding diaryl/α,β-unsaturated/α-hetero) is 1. The van der Waals surface area contributed by atoms with Crippen molar-refractivity contribution in [3.63, 3.8) is 0 Å². The Morgan fingerprint density at radius 1 is 1.33 bits per heavy atom. The average Bonchev–Trinajstić information content (AvgIpc) is 2.69. The summed E-state index contributed by atoms with van der Waals surface area (Å²) in [5.41, 5.74) is 1.74. The van der Waals surface area contributed by atoms with Crippen LogP contribution in [0.1, 0.15) is 41.6 Å². The van der Waals surface area contributed by atoms with Gasteiger partial charge in [-0.25, -0.2) is 0 Å². The van der Waals surface area contributed by atoms with Crippen molar-refractivity contribution >= 4 is 17.4 Å². The van der Waals surface area contributed by atoms with Crippen molar-refractivity contribution in [2.45, 2.75) is 32.6 Å². The summed E-state index contributed by atoms with van der Waals surface area (Å²) < 4.78 is 0. The van der Waals surface area contributed by atoms with Gasteiger partial charge in [-0.2, -0.15) is 0 Å². The van der Waals surface area contributed by atoms with E-state index in [9.17, 15) is 4.79 Å². The highest BCUT2D eigenvalue weighted by Crippen LogP contribution is 2.31. The van der Waals surface area contributed by atoms with Crippen LogP contribution in [0.25, 0.3) is 0 Å². The largest absolute Gasteiger partial charge is 0.294 e. The van der Waals surface area contributed by atoms with Gasteiger partial charge in [0.2, 0.25) is 0 Å². The van der Waals surface area contributed by atoms with Crippen molar-refractivity contribution < 1.29 is 4.79 Å². The molecule has 2 heteroatoms. The van der Waals surface area contributed by atoms with Gasteiger partial charge in [-0.05, 0) is 31.4 Å². The number of ketones is 1. The van der Waals surface area contributed by atoms with Crippen LogP contribution >= 0.6 is 11.6 Å². The quantitative estimate of drug-likeness (QED) is 0.691. The Morgan fingerprint density at radius 3 is 2.60 bits per heavy atom. The lowest BCUT2D eigenvalue weighted by molar-refractivity contribution is 0.0922. The first-order valence-corrected chi connectivity index (χ1v) is 5.87. The highest BCUT2D eigenvalue weighted by atomic mass is 35.5. The molecule has 0 radical (unpaired) electrons. The molecule has 0 heterocycles. The molecular formula is C13H15ClO. The van der Waals surface area contributed by atoms with Crippen LogP contribution in [0, 0.1) is 12.8 Å². The SMILES string of the molecule is Cc1cccc(Cl)c1C(=O)C1CCCC1. The summed E-state index contributed by atoms with van der Waals surface area (Å²) in [6.45, 7) is 1.95. The maximum Gasteiger partial charge on any atom is 0.167 e. The molecule has 1 aliphatic carbocycles. The number of carbonyl (C=O) groups is 1. The first-order chi connectivity index (χ1) is 7.20. The number of benzene rings is 1. The van der Waals surface area contributed by atoms with E-state index in [0.29, 0.717) is 5.02 Å². The van der Waals surface area contributed by atoms with Gasteiger partial charge in [0.15, 0.2) is 5.78 Å². The Bertz CT molecular complexity index is 358. The number of rotatable bonds is 2. The van der Waals surface area contributed by atoms with Crippen molar-refractivity contribution in [3.05, 3.63) is 34.3 Å². The first kappa shape index (κ1) is 10.7. The summed E-state index contributed by atoms with van der Waals surface area (Å²) in [6, 6.07) is 5.65. The zero-order valence-electron chi connectivity index (χ0n) is 8.92. The van der Waals surface area contributed by atoms with Gasteiger partial charge in [-0.3, -0.25) is 4.79 Å². The summed E-state index contributed by atoms with van der Waals surface area (Å²) in [7, 11) is 0. The summed E-state index contributed by atoms with van der Waals surface area (Å²) >= 11 is 6.08. The molecule has 1 aromatic carbocycles. The fourth-order valence-corrected chi connectivity index (χ4v) is 2.65. The van der Waals surface area contributed by atoms with Gasteiger partial charge < -0.3 is 0 Å². The third-order valence-corrected chi connectivity index (χ3v) is 3.51. The van der Waals surface area contributed by atoms with Crippen LogP contribution in [-0.2, 0) is 0 Å². The Kier molecular flexibility index (Phi) is 3.11. The molecule has 1 fully saturated rings. The average molecular weight is 223 g/mol. The first-order valence-electron chi connectivity index (χ1n) is 5.49. The van der Waals surface area contributed by atoms with E-state index in [2.05, 4.69) is 0 Å². The Labute approximate surface area is 95.4 Å². The molecule has 2 rings (SSSR count). The number of carbonyl (C=O) groups excluding carboxylic acids is 1. The minimum absolute atomic E-state index is 0.212. The second-order valence-corrected chi connectivity index (χ2v) is 4.68. The van der Waals surface area contributed by atoms with Crippen molar-refractivity contribution in [1.29, 1.82) is 0 Å². The van der Waals surface area contributed by atoms with Gasteiger partial charge in [-0.1, -0.05) is 36.6 Å². The molecule has 0 amide bonds. The van der Waals surface area contributed by atoms with Crippen LogP contribution in [0.5, 0.6) is 0 Å². The molecule has 0 spiro atoms. The van der Waals surface area contributed by atoms with Gasteiger partial charge in [0.25, 0.3) is 0 Å². The predicted octanol–water partition coefficient (Wildman–Crippen LogP) is 4.02. The molecule has 0 bridgehead atoms. The van der Waals surface area contributed by atoms with Crippen LogP contribution in [0.3, 0.4) is 0 Å². The topological polar surface area (TPSA) is 17.1 Å². The zero-order valence-corrected chi connectivity index (χ0v) is 9.68. The molecule has 0 N–H and O–H groups in total. The molecule has 0 atom stereocenters. The fourth-order valence-electron chi connectivity index (χ4n) is 2.34. The van der Waals surface area contributed by atoms with Gasteiger partial charge in [0.1, 0.15) is 0 Å². The van der Waals surface area contributed by atoms with E-state index in [1.165, 1.54) is 12.8 Å². The summed E-state index contributed by atoms with van der Waals surface area (Å²) in [5, 5.41) is 0.604. The smallest absolute Gasteiger partial charge is 0.167 e. The Morgan fingerprint density at radius 2 is 2.00 bits per heavy atom.